The fraction of sp³-hybridized carbons (Fsp3) is 0.846. The Morgan fingerprint density at radius 1 is 1.22 bits per heavy atom. The predicted octanol–water partition coefficient (Wildman–Crippen LogP) is 0.698. The molecular formula is C13H22N2O3. The van der Waals surface area contributed by atoms with Gasteiger partial charge in [-0.1, -0.05) is 0 Å². The molecule has 0 spiro atoms. The molecule has 0 aromatic carbocycles. The Bertz CT molecular complexity index is 310. The Morgan fingerprint density at radius 2 is 1.72 bits per heavy atom. The van der Waals surface area contributed by atoms with Crippen LogP contribution in [-0.4, -0.2) is 47.6 Å². The van der Waals surface area contributed by atoms with Gasteiger partial charge in [0.15, 0.2) is 0 Å². The van der Waals surface area contributed by atoms with E-state index in [0.29, 0.717) is 6.54 Å². The molecule has 102 valence electrons. The minimum atomic E-state index is -0.943. The number of aliphatic carboxylic acids is 1. The standard InChI is InChI=1S/C13H22N2O3/c1-9(16)14-12(13(17)18)8-15(6-10-2-3-10)7-11-4-5-11/h10-12H,2-8H2,1H3,(H,14,16)(H,17,18). The lowest BCUT2D eigenvalue weighted by molar-refractivity contribution is -0.142. The number of carbonyl (C=O) groups is 2. The van der Waals surface area contributed by atoms with Crippen LogP contribution >= 0.6 is 0 Å². The molecule has 2 aliphatic rings. The van der Waals surface area contributed by atoms with Crippen molar-refractivity contribution in [1.29, 1.82) is 0 Å². The molecule has 0 aromatic rings. The summed E-state index contributed by atoms with van der Waals surface area (Å²) in [6, 6.07) is -0.778. The highest BCUT2D eigenvalue weighted by Crippen LogP contribution is 2.33. The topological polar surface area (TPSA) is 69.6 Å². The maximum atomic E-state index is 11.1. The first-order valence-corrected chi connectivity index (χ1v) is 6.77. The second-order valence-corrected chi connectivity index (χ2v) is 5.70. The number of carboxylic acid groups (broad SMARTS) is 1. The van der Waals surface area contributed by atoms with Gasteiger partial charge in [0.25, 0.3) is 0 Å². The highest BCUT2D eigenvalue weighted by atomic mass is 16.4. The van der Waals surface area contributed by atoms with Crippen molar-refractivity contribution in [3.63, 3.8) is 0 Å². The quantitative estimate of drug-likeness (QED) is 0.669. The van der Waals surface area contributed by atoms with Crippen LogP contribution in [0.3, 0.4) is 0 Å². The van der Waals surface area contributed by atoms with Gasteiger partial charge >= 0.3 is 5.97 Å². The fourth-order valence-corrected chi connectivity index (χ4v) is 2.24. The Labute approximate surface area is 108 Å². The summed E-state index contributed by atoms with van der Waals surface area (Å²) in [5, 5.41) is 11.6. The Hall–Kier alpha value is -1.10. The third-order valence-electron chi connectivity index (χ3n) is 3.54. The zero-order valence-electron chi connectivity index (χ0n) is 10.9. The summed E-state index contributed by atoms with van der Waals surface area (Å²) in [5.41, 5.74) is 0. The predicted molar refractivity (Wildman–Crippen MR) is 67.1 cm³/mol. The van der Waals surface area contributed by atoms with E-state index in [4.69, 9.17) is 5.11 Å². The first kappa shape index (κ1) is 13.3. The van der Waals surface area contributed by atoms with Gasteiger partial charge in [-0.25, -0.2) is 4.79 Å². The van der Waals surface area contributed by atoms with Crippen LogP contribution in [0, 0.1) is 11.8 Å². The van der Waals surface area contributed by atoms with Crippen LogP contribution < -0.4 is 5.32 Å². The smallest absolute Gasteiger partial charge is 0.327 e. The first-order valence-electron chi connectivity index (χ1n) is 6.77. The van der Waals surface area contributed by atoms with Crippen LogP contribution in [0.5, 0.6) is 0 Å². The number of hydrogen-bond acceptors (Lipinski definition) is 3. The largest absolute Gasteiger partial charge is 0.480 e. The maximum Gasteiger partial charge on any atom is 0.327 e. The number of amides is 1. The van der Waals surface area contributed by atoms with E-state index in [0.717, 1.165) is 24.9 Å². The normalized spacial score (nSPS) is 20.8. The second kappa shape index (κ2) is 5.69. The van der Waals surface area contributed by atoms with Gasteiger partial charge in [0.2, 0.25) is 5.91 Å². The van der Waals surface area contributed by atoms with Crippen LogP contribution in [0.25, 0.3) is 0 Å². The van der Waals surface area contributed by atoms with E-state index in [9.17, 15) is 9.59 Å². The molecule has 0 radical (unpaired) electrons. The molecule has 5 heteroatoms. The van der Waals surface area contributed by atoms with Crippen LogP contribution in [0.4, 0.5) is 0 Å². The summed E-state index contributed by atoms with van der Waals surface area (Å²) >= 11 is 0. The minimum Gasteiger partial charge on any atom is -0.480 e. The van der Waals surface area contributed by atoms with Crippen molar-refractivity contribution < 1.29 is 14.7 Å². The van der Waals surface area contributed by atoms with Gasteiger partial charge in [-0.05, 0) is 37.5 Å². The SMILES string of the molecule is CC(=O)NC(CN(CC1CC1)CC1CC1)C(=O)O. The summed E-state index contributed by atoms with van der Waals surface area (Å²) in [5.74, 6) is 0.271. The average Bonchev–Trinajstić information content (AvgIpc) is 3.11. The molecule has 2 N–H and O–H groups in total. The summed E-state index contributed by atoms with van der Waals surface area (Å²) in [4.78, 5) is 24.4. The Kier molecular flexibility index (Phi) is 4.22. The number of carbonyl (C=O) groups excluding carboxylic acids is 1. The van der Waals surface area contributed by atoms with Crippen molar-refractivity contribution in [2.24, 2.45) is 11.8 Å². The van der Waals surface area contributed by atoms with E-state index in [-0.39, 0.29) is 5.91 Å². The molecule has 2 rings (SSSR count). The molecule has 5 nitrogen and oxygen atoms in total. The third-order valence-corrected chi connectivity index (χ3v) is 3.54. The maximum absolute atomic E-state index is 11.1. The minimum absolute atomic E-state index is 0.278. The zero-order valence-corrected chi connectivity index (χ0v) is 10.9. The van der Waals surface area contributed by atoms with E-state index in [1.807, 2.05) is 0 Å². The van der Waals surface area contributed by atoms with Crippen molar-refractivity contribution in [2.45, 2.75) is 38.6 Å². The van der Waals surface area contributed by atoms with E-state index in [1.165, 1.54) is 32.6 Å². The lowest BCUT2D eigenvalue weighted by Gasteiger charge is -2.25. The van der Waals surface area contributed by atoms with Gasteiger partial charge in [-0.15, -0.1) is 0 Å². The monoisotopic (exact) mass is 254 g/mol. The van der Waals surface area contributed by atoms with Crippen molar-refractivity contribution >= 4 is 11.9 Å². The van der Waals surface area contributed by atoms with Crippen LogP contribution in [-0.2, 0) is 9.59 Å². The van der Waals surface area contributed by atoms with E-state index >= 15 is 0 Å². The van der Waals surface area contributed by atoms with E-state index < -0.39 is 12.0 Å². The van der Waals surface area contributed by atoms with Gasteiger partial charge in [0.05, 0.1) is 0 Å². The zero-order chi connectivity index (χ0) is 13.1. The van der Waals surface area contributed by atoms with Crippen LogP contribution in [0.15, 0.2) is 0 Å². The highest BCUT2D eigenvalue weighted by molar-refractivity contribution is 5.82. The van der Waals surface area contributed by atoms with Crippen LogP contribution in [0.2, 0.25) is 0 Å². The summed E-state index contributed by atoms with van der Waals surface area (Å²) < 4.78 is 0. The second-order valence-electron chi connectivity index (χ2n) is 5.70. The van der Waals surface area contributed by atoms with E-state index in [1.54, 1.807) is 0 Å². The number of nitrogens with one attached hydrogen (secondary N) is 1. The third kappa shape index (κ3) is 4.64. The van der Waals surface area contributed by atoms with Gasteiger partial charge in [-0.2, -0.15) is 0 Å². The fourth-order valence-electron chi connectivity index (χ4n) is 2.24. The molecule has 2 saturated carbocycles. The van der Waals surface area contributed by atoms with Crippen molar-refractivity contribution in [3.8, 4) is 0 Å². The number of rotatable bonds is 8. The summed E-state index contributed by atoms with van der Waals surface area (Å²) in [7, 11) is 0. The Balaban J connectivity index is 1.85. The Morgan fingerprint density at radius 3 is 2.06 bits per heavy atom. The first-order chi connectivity index (χ1) is 8.54. The molecule has 1 unspecified atom stereocenters. The molecule has 0 bridgehead atoms. The lowest BCUT2D eigenvalue weighted by Crippen LogP contribution is -2.48. The number of carboxylic acids is 1. The summed E-state index contributed by atoms with van der Waals surface area (Å²) in [6.45, 7) is 3.77. The average molecular weight is 254 g/mol. The molecule has 0 heterocycles. The number of nitrogens with zero attached hydrogens (tertiary/aromatic N) is 1. The van der Waals surface area contributed by atoms with Crippen molar-refractivity contribution in [1.82, 2.24) is 10.2 Å². The highest BCUT2D eigenvalue weighted by Gasteiger charge is 2.31. The van der Waals surface area contributed by atoms with Crippen molar-refractivity contribution in [3.05, 3.63) is 0 Å². The molecule has 2 fully saturated rings. The summed E-state index contributed by atoms with van der Waals surface area (Å²) in [6.07, 6.45) is 5.05. The van der Waals surface area contributed by atoms with Gasteiger partial charge in [0, 0.05) is 26.6 Å². The van der Waals surface area contributed by atoms with Crippen molar-refractivity contribution in [2.75, 3.05) is 19.6 Å². The molecule has 0 aromatic heterocycles. The van der Waals surface area contributed by atoms with Gasteiger partial charge in [-0.3, -0.25) is 4.79 Å². The van der Waals surface area contributed by atoms with Crippen LogP contribution in [0.1, 0.15) is 32.6 Å². The molecule has 0 aliphatic heterocycles. The molecule has 1 atom stereocenters. The van der Waals surface area contributed by atoms with Gasteiger partial charge < -0.3 is 15.3 Å². The molecular weight excluding hydrogens is 232 g/mol. The molecule has 0 saturated heterocycles. The van der Waals surface area contributed by atoms with E-state index in [2.05, 4.69) is 10.2 Å². The lowest BCUT2D eigenvalue weighted by atomic mass is 10.2. The van der Waals surface area contributed by atoms with Gasteiger partial charge in [0.1, 0.15) is 6.04 Å². The molecule has 1 amide bonds. The molecule has 2 aliphatic carbocycles. The molecule has 18 heavy (non-hydrogen) atoms. The number of hydrogen-bond donors (Lipinski definition) is 2.